The van der Waals surface area contributed by atoms with Gasteiger partial charge in [0.15, 0.2) is 0 Å². The van der Waals surface area contributed by atoms with E-state index in [1.165, 1.54) is 37.2 Å². The molecule has 1 aliphatic carbocycles. The Hall–Kier alpha value is -0.0900. The molecular formula is C15H25ClN2S. The SMILES string of the molecule is CC(C)CCN(CCNCc1ccc(Cl)s1)C1CC1. The second-order valence-corrected chi connectivity index (χ2v) is 7.63. The fourth-order valence-electron chi connectivity index (χ4n) is 2.22. The lowest BCUT2D eigenvalue weighted by atomic mass is 10.1. The summed E-state index contributed by atoms with van der Waals surface area (Å²) in [5.74, 6) is 0.808. The van der Waals surface area contributed by atoms with Gasteiger partial charge in [-0.25, -0.2) is 0 Å². The number of thiophene rings is 1. The van der Waals surface area contributed by atoms with Crippen molar-refractivity contribution in [3.63, 3.8) is 0 Å². The van der Waals surface area contributed by atoms with Crippen molar-refractivity contribution in [2.24, 2.45) is 5.92 Å². The highest BCUT2D eigenvalue weighted by molar-refractivity contribution is 7.16. The van der Waals surface area contributed by atoms with Crippen molar-refractivity contribution in [2.45, 2.75) is 45.7 Å². The summed E-state index contributed by atoms with van der Waals surface area (Å²) < 4.78 is 0.883. The summed E-state index contributed by atoms with van der Waals surface area (Å²) in [7, 11) is 0. The van der Waals surface area contributed by atoms with Crippen LogP contribution in [-0.2, 0) is 6.54 Å². The van der Waals surface area contributed by atoms with Gasteiger partial charge in [-0.1, -0.05) is 25.4 Å². The molecule has 4 heteroatoms. The van der Waals surface area contributed by atoms with E-state index in [0.29, 0.717) is 0 Å². The predicted molar refractivity (Wildman–Crippen MR) is 85.1 cm³/mol. The van der Waals surface area contributed by atoms with Gasteiger partial charge in [-0.3, -0.25) is 4.90 Å². The van der Waals surface area contributed by atoms with Crippen LogP contribution >= 0.6 is 22.9 Å². The first-order valence-corrected chi connectivity index (χ1v) is 8.53. The van der Waals surface area contributed by atoms with Gasteiger partial charge in [0, 0.05) is 30.6 Å². The maximum atomic E-state index is 5.93. The molecule has 2 rings (SSSR count). The predicted octanol–water partition coefficient (Wildman–Crippen LogP) is 4.00. The Morgan fingerprint density at radius 1 is 1.37 bits per heavy atom. The molecule has 1 N–H and O–H groups in total. The zero-order valence-electron chi connectivity index (χ0n) is 12.0. The van der Waals surface area contributed by atoms with Crippen LogP contribution in [0.15, 0.2) is 12.1 Å². The van der Waals surface area contributed by atoms with Gasteiger partial charge in [-0.2, -0.15) is 0 Å². The molecule has 0 amide bonds. The Morgan fingerprint density at radius 2 is 2.16 bits per heavy atom. The third-order valence-corrected chi connectivity index (χ3v) is 4.79. The minimum Gasteiger partial charge on any atom is -0.311 e. The molecule has 2 nitrogen and oxygen atoms in total. The second kappa shape index (κ2) is 7.63. The topological polar surface area (TPSA) is 15.3 Å². The molecule has 1 heterocycles. The van der Waals surface area contributed by atoms with E-state index in [9.17, 15) is 0 Å². The molecule has 108 valence electrons. The molecule has 0 aliphatic heterocycles. The van der Waals surface area contributed by atoms with E-state index < -0.39 is 0 Å². The number of hydrogen-bond donors (Lipinski definition) is 1. The van der Waals surface area contributed by atoms with Gasteiger partial charge in [0.2, 0.25) is 0 Å². The summed E-state index contributed by atoms with van der Waals surface area (Å²) in [5, 5.41) is 3.53. The Morgan fingerprint density at radius 3 is 2.74 bits per heavy atom. The molecule has 1 saturated carbocycles. The third kappa shape index (κ3) is 5.82. The summed E-state index contributed by atoms with van der Waals surface area (Å²) >= 11 is 7.60. The fourth-order valence-corrected chi connectivity index (χ4v) is 3.28. The average molecular weight is 301 g/mol. The molecule has 1 aromatic rings. The maximum absolute atomic E-state index is 5.93. The van der Waals surface area contributed by atoms with Crippen LogP contribution in [0.2, 0.25) is 4.34 Å². The van der Waals surface area contributed by atoms with Crippen LogP contribution in [0.25, 0.3) is 0 Å². The molecule has 1 aromatic heterocycles. The highest BCUT2D eigenvalue weighted by atomic mass is 35.5. The average Bonchev–Trinajstić information content (AvgIpc) is 3.11. The van der Waals surface area contributed by atoms with Gasteiger partial charge in [0.25, 0.3) is 0 Å². The van der Waals surface area contributed by atoms with Crippen molar-refractivity contribution < 1.29 is 0 Å². The fraction of sp³-hybridized carbons (Fsp3) is 0.733. The van der Waals surface area contributed by atoms with Crippen LogP contribution in [0, 0.1) is 5.92 Å². The summed E-state index contributed by atoms with van der Waals surface area (Å²) in [5.41, 5.74) is 0. The van der Waals surface area contributed by atoms with Crippen LogP contribution in [-0.4, -0.2) is 30.6 Å². The number of nitrogens with one attached hydrogen (secondary N) is 1. The van der Waals surface area contributed by atoms with Gasteiger partial charge in [-0.05, 0) is 43.9 Å². The lowest BCUT2D eigenvalue weighted by Crippen LogP contribution is -2.34. The Kier molecular flexibility index (Phi) is 6.14. The van der Waals surface area contributed by atoms with E-state index in [2.05, 4.69) is 30.1 Å². The number of halogens is 1. The monoisotopic (exact) mass is 300 g/mol. The Bertz CT molecular complexity index is 374. The van der Waals surface area contributed by atoms with Crippen molar-refractivity contribution in [1.29, 1.82) is 0 Å². The minimum atomic E-state index is 0.808. The molecule has 0 spiro atoms. The lowest BCUT2D eigenvalue weighted by molar-refractivity contribution is 0.247. The summed E-state index contributed by atoms with van der Waals surface area (Å²) in [6, 6.07) is 4.96. The minimum absolute atomic E-state index is 0.808. The first-order valence-electron chi connectivity index (χ1n) is 7.34. The first kappa shape index (κ1) is 15.3. The molecule has 1 aliphatic rings. The summed E-state index contributed by atoms with van der Waals surface area (Å²) in [6.45, 7) is 9.07. The highest BCUT2D eigenvalue weighted by Crippen LogP contribution is 2.27. The summed E-state index contributed by atoms with van der Waals surface area (Å²) in [4.78, 5) is 3.99. The lowest BCUT2D eigenvalue weighted by Gasteiger charge is -2.23. The highest BCUT2D eigenvalue weighted by Gasteiger charge is 2.28. The van der Waals surface area contributed by atoms with Crippen LogP contribution in [0.5, 0.6) is 0 Å². The molecule has 0 aromatic carbocycles. The Balaban J connectivity index is 1.62. The smallest absolute Gasteiger partial charge is 0.0931 e. The number of rotatable bonds is 9. The molecule has 19 heavy (non-hydrogen) atoms. The molecule has 0 unspecified atom stereocenters. The van der Waals surface area contributed by atoms with Crippen LogP contribution < -0.4 is 5.32 Å². The first-order chi connectivity index (χ1) is 9.15. The van der Waals surface area contributed by atoms with Gasteiger partial charge in [0.1, 0.15) is 0 Å². The molecule has 1 fully saturated rings. The quantitative estimate of drug-likeness (QED) is 0.693. The van der Waals surface area contributed by atoms with E-state index in [4.69, 9.17) is 11.6 Å². The van der Waals surface area contributed by atoms with E-state index in [0.717, 1.165) is 29.4 Å². The van der Waals surface area contributed by atoms with Crippen molar-refractivity contribution in [1.82, 2.24) is 10.2 Å². The zero-order chi connectivity index (χ0) is 13.7. The van der Waals surface area contributed by atoms with Crippen molar-refractivity contribution in [2.75, 3.05) is 19.6 Å². The van der Waals surface area contributed by atoms with Gasteiger partial charge in [0.05, 0.1) is 4.34 Å². The van der Waals surface area contributed by atoms with E-state index in [-0.39, 0.29) is 0 Å². The van der Waals surface area contributed by atoms with Crippen LogP contribution in [0.4, 0.5) is 0 Å². The van der Waals surface area contributed by atoms with E-state index in [1.54, 1.807) is 11.3 Å². The van der Waals surface area contributed by atoms with Crippen molar-refractivity contribution in [3.8, 4) is 0 Å². The number of hydrogen-bond acceptors (Lipinski definition) is 3. The van der Waals surface area contributed by atoms with Crippen LogP contribution in [0.3, 0.4) is 0 Å². The van der Waals surface area contributed by atoms with Gasteiger partial charge < -0.3 is 5.32 Å². The van der Waals surface area contributed by atoms with E-state index >= 15 is 0 Å². The summed E-state index contributed by atoms with van der Waals surface area (Å²) in [6.07, 6.45) is 4.12. The standard InChI is InChI=1S/C15H25ClN2S/c1-12(2)7-9-18(13-3-4-13)10-8-17-11-14-5-6-15(16)19-14/h5-6,12-13,17H,3-4,7-11H2,1-2H3. The van der Waals surface area contributed by atoms with Crippen molar-refractivity contribution >= 4 is 22.9 Å². The Labute approximate surface area is 126 Å². The molecule has 0 bridgehead atoms. The normalized spacial score (nSPS) is 15.6. The molecular weight excluding hydrogens is 276 g/mol. The third-order valence-electron chi connectivity index (χ3n) is 3.56. The molecule has 0 saturated heterocycles. The largest absolute Gasteiger partial charge is 0.311 e. The molecule has 0 atom stereocenters. The van der Waals surface area contributed by atoms with Gasteiger partial charge in [-0.15, -0.1) is 11.3 Å². The maximum Gasteiger partial charge on any atom is 0.0931 e. The number of nitrogens with zero attached hydrogens (tertiary/aromatic N) is 1. The van der Waals surface area contributed by atoms with Crippen molar-refractivity contribution in [3.05, 3.63) is 21.3 Å². The van der Waals surface area contributed by atoms with Crippen LogP contribution in [0.1, 0.15) is 38.0 Å². The van der Waals surface area contributed by atoms with E-state index in [1.807, 2.05) is 6.07 Å². The zero-order valence-corrected chi connectivity index (χ0v) is 13.6. The molecule has 0 radical (unpaired) electrons. The second-order valence-electron chi connectivity index (χ2n) is 5.83. The van der Waals surface area contributed by atoms with Gasteiger partial charge >= 0.3 is 0 Å².